The Hall–Kier alpha value is -1.43. The van der Waals surface area contributed by atoms with E-state index in [-0.39, 0.29) is 0 Å². The van der Waals surface area contributed by atoms with Crippen LogP contribution in [0.1, 0.15) is 5.56 Å². The van der Waals surface area contributed by atoms with Gasteiger partial charge in [0.2, 0.25) is 0 Å². The average Bonchev–Trinajstić information content (AvgIpc) is 2.75. The van der Waals surface area contributed by atoms with Crippen molar-refractivity contribution < 1.29 is 0 Å². The molecule has 3 aromatic rings. The molecular weight excluding hydrogens is 325 g/mol. The molecule has 0 radical (unpaired) electrons. The predicted octanol–water partition coefficient (Wildman–Crippen LogP) is 3.33. The van der Waals surface area contributed by atoms with E-state index >= 15 is 0 Å². The average molecular weight is 335 g/mol. The van der Waals surface area contributed by atoms with E-state index in [2.05, 4.69) is 51.7 Å². The van der Waals surface area contributed by atoms with Crippen molar-refractivity contribution in [2.24, 2.45) is 0 Å². The Kier molecular flexibility index (Phi) is 2.58. The fourth-order valence-electron chi connectivity index (χ4n) is 1.88. The molecule has 0 unspecified atom stereocenters. The van der Waals surface area contributed by atoms with E-state index in [1.165, 1.54) is 9.13 Å². The third-order valence-corrected chi connectivity index (χ3v) is 3.70. The molecule has 3 nitrogen and oxygen atoms in total. The molecule has 4 heteroatoms. The Morgan fingerprint density at radius 2 is 2.00 bits per heavy atom. The van der Waals surface area contributed by atoms with E-state index in [1.807, 2.05) is 35.3 Å². The van der Waals surface area contributed by atoms with Gasteiger partial charge in [-0.2, -0.15) is 5.10 Å². The minimum atomic E-state index is 0.909. The molecule has 0 atom stereocenters. The molecule has 2 heterocycles. The van der Waals surface area contributed by atoms with E-state index in [9.17, 15) is 0 Å². The second-order valence-electron chi connectivity index (χ2n) is 3.87. The van der Waals surface area contributed by atoms with Gasteiger partial charge in [0.1, 0.15) is 0 Å². The number of aromatic nitrogens is 3. The summed E-state index contributed by atoms with van der Waals surface area (Å²) in [5, 5.41) is 5.53. The zero-order chi connectivity index (χ0) is 11.8. The highest BCUT2D eigenvalue weighted by atomic mass is 127. The number of hydrogen-bond donors (Lipinski definition) is 0. The number of pyridine rings is 1. The summed E-state index contributed by atoms with van der Waals surface area (Å²) < 4.78 is 3.07. The van der Waals surface area contributed by atoms with Crippen LogP contribution in [0.4, 0.5) is 0 Å². The van der Waals surface area contributed by atoms with Crippen LogP contribution >= 0.6 is 22.6 Å². The molecule has 0 bridgehead atoms. The first kappa shape index (κ1) is 10.7. The summed E-state index contributed by atoms with van der Waals surface area (Å²) in [6.07, 6.45) is 3.69. The Morgan fingerprint density at radius 3 is 2.82 bits per heavy atom. The van der Waals surface area contributed by atoms with Gasteiger partial charge in [-0.3, -0.25) is 0 Å². The van der Waals surface area contributed by atoms with Crippen molar-refractivity contribution in [3.05, 3.63) is 51.9 Å². The van der Waals surface area contributed by atoms with Gasteiger partial charge in [-0.15, -0.1) is 0 Å². The smallest absolute Gasteiger partial charge is 0.163 e. The fraction of sp³-hybridized carbons (Fsp3) is 0.0769. The summed E-state index contributed by atoms with van der Waals surface area (Å²) in [6, 6.07) is 10.2. The van der Waals surface area contributed by atoms with Gasteiger partial charge in [-0.25, -0.2) is 9.67 Å². The molecule has 0 spiro atoms. The van der Waals surface area contributed by atoms with Crippen LogP contribution in [0.2, 0.25) is 0 Å². The maximum absolute atomic E-state index is 4.44. The molecule has 17 heavy (non-hydrogen) atoms. The van der Waals surface area contributed by atoms with Gasteiger partial charge >= 0.3 is 0 Å². The SMILES string of the molecule is Cc1ccccc1-n1ncc2c(I)ccnc21. The molecule has 0 amide bonds. The number of aryl methyl sites for hydroxylation is 1. The number of rotatable bonds is 1. The number of hydrogen-bond acceptors (Lipinski definition) is 2. The highest BCUT2D eigenvalue weighted by molar-refractivity contribution is 14.1. The van der Waals surface area contributed by atoms with Crippen molar-refractivity contribution in [3.8, 4) is 5.69 Å². The lowest BCUT2D eigenvalue weighted by atomic mass is 10.2. The summed E-state index contributed by atoms with van der Waals surface area (Å²) in [5.74, 6) is 0. The predicted molar refractivity (Wildman–Crippen MR) is 76.3 cm³/mol. The highest BCUT2D eigenvalue weighted by Gasteiger charge is 2.09. The quantitative estimate of drug-likeness (QED) is 0.639. The van der Waals surface area contributed by atoms with Gasteiger partial charge < -0.3 is 0 Å². The summed E-state index contributed by atoms with van der Waals surface area (Å²) in [5.41, 5.74) is 3.18. The van der Waals surface area contributed by atoms with E-state index in [0.29, 0.717) is 0 Å². The van der Waals surface area contributed by atoms with Crippen molar-refractivity contribution in [2.45, 2.75) is 6.92 Å². The molecule has 0 aliphatic carbocycles. The van der Waals surface area contributed by atoms with Gasteiger partial charge in [-0.1, -0.05) is 18.2 Å². The molecule has 0 N–H and O–H groups in total. The Labute approximate surface area is 113 Å². The number of nitrogens with zero attached hydrogens (tertiary/aromatic N) is 3. The van der Waals surface area contributed by atoms with Crippen molar-refractivity contribution in [1.29, 1.82) is 0 Å². The standard InChI is InChI=1S/C13H10IN3/c1-9-4-2-3-5-12(9)17-13-10(8-16-17)11(14)6-7-15-13/h2-8H,1H3. The molecule has 0 fully saturated rings. The molecule has 2 aromatic heterocycles. The summed E-state index contributed by atoms with van der Waals surface area (Å²) >= 11 is 2.31. The Balaban J connectivity index is 2.33. The molecule has 84 valence electrons. The monoisotopic (exact) mass is 335 g/mol. The lowest BCUT2D eigenvalue weighted by molar-refractivity contribution is 0.889. The van der Waals surface area contributed by atoms with E-state index in [0.717, 1.165) is 16.7 Å². The largest absolute Gasteiger partial charge is 0.236 e. The van der Waals surface area contributed by atoms with Crippen LogP contribution in [-0.4, -0.2) is 14.8 Å². The van der Waals surface area contributed by atoms with E-state index in [1.54, 1.807) is 0 Å². The minimum absolute atomic E-state index is 0.909. The van der Waals surface area contributed by atoms with Crippen LogP contribution in [0.15, 0.2) is 42.7 Å². The van der Waals surface area contributed by atoms with Crippen molar-refractivity contribution >= 4 is 33.6 Å². The lowest BCUT2D eigenvalue weighted by Crippen LogP contribution is -1.99. The summed E-state index contributed by atoms with van der Waals surface area (Å²) in [7, 11) is 0. The lowest BCUT2D eigenvalue weighted by Gasteiger charge is -2.06. The molecule has 0 saturated carbocycles. The molecule has 1 aromatic carbocycles. The Bertz CT molecular complexity index is 688. The van der Waals surface area contributed by atoms with Gasteiger partial charge in [-0.05, 0) is 47.2 Å². The van der Waals surface area contributed by atoms with Crippen LogP contribution in [0, 0.1) is 10.5 Å². The first-order valence-corrected chi connectivity index (χ1v) is 6.39. The second-order valence-corrected chi connectivity index (χ2v) is 5.04. The number of para-hydroxylation sites is 1. The van der Waals surface area contributed by atoms with Crippen molar-refractivity contribution in [2.75, 3.05) is 0 Å². The first-order chi connectivity index (χ1) is 8.27. The number of benzene rings is 1. The number of halogens is 1. The van der Waals surface area contributed by atoms with Crippen molar-refractivity contribution in [3.63, 3.8) is 0 Å². The molecule has 0 saturated heterocycles. The normalized spacial score (nSPS) is 10.9. The van der Waals surface area contributed by atoms with Gasteiger partial charge in [0.05, 0.1) is 17.3 Å². The fourth-order valence-corrected chi connectivity index (χ4v) is 2.42. The molecule has 0 aliphatic heterocycles. The van der Waals surface area contributed by atoms with Crippen LogP contribution in [0.3, 0.4) is 0 Å². The Morgan fingerprint density at radius 1 is 1.18 bits per heavy atom. The maximum Gasteiger partial charge on any atom is 0.163 e. The van der Waals surface area contributed by atoms with Gasteiger partial charge in [0.25, 0.3) is 0 Å². The molecule has 0 aliphatic rings. The van der Waals surface area contributed by atoms with Gasteiger partial charge in [0.15, 0.2) is 5.65 Å². The molecule has 3 rings (SSSR count). The van der Waals surface area contributed by atoms with Gasteiger partial charge in [0, 0.05) is 9.77 Å². The van der Waals surface area contributed by atoms with E-state index < -0.39 is 0 Å². The second kappa shape index (κ2) is 4.10. The van der Waals surface area contributed by atoms with E-state index in [4.69, 9.17) is 0 Å². The van der Waals surface area contributed by atoms with Crippen LogP contribution in [0.25, 0.3) is 16.7 Å². The van der Waals surface area contributed by atoms with Crippen LogP contribution < -0.4 is 0 Å². The number of fused-ring (bicyclic) bond motifs is 1. The zero-order valence-electron chi connectivity index (χ0n) is 9.26. The molecular formula is C13H10IN3. The summed E-state index contributed by atoms with van der Waals surface area (Å²) in [4.78, 5) is 4.42. The minimum Gasteiger partial charge on any atom is -0.236 e. The maximum atomic E-state index is 4.44. The third kappa shape index (κ3) is 1.72. The van der Waals surface area contributed by atoms with Crippen LogP contribution in [0.5, 0.6) is 0 Å². The highest BCUT2D eigenvalue weighted by Crippen LogP contribution is 2.22. The topological polar surface area (TPSA) is 30.7 Å². The van der Waals surface area contributed by atoms with Crippen LogP contribution in [-0.2, 0) is 0 Å². The first-order valence-electron chi connectivity index (χ1n) is 5.31. The third-order valence-electron chi connectivity index (χ3n) is 2.76. The zero-order valence-corrected chi connectivity index (χ0v) is 11.4. The van der Waals surface area contributed by atoms with Crippen molar-refractivity contribution in [1.82, 2.24) is 14.8 Å². The summed E-state index contributed by atoms with van der Waals surface area (Å²) in [6.45, 7) is 2.08.